The molecular formula is C29H25FN2O3. The minimum atomic E-state index is -1.27. The van der Waals surface area contributed by atoms with Gasteiger partial charge in [0.1, 0.15) is 12.4 Å². The van der Waals surface area contributed by atoms with E-state index in [0.29, 0.717) is 18.4 Å². The summed E-state index contributed by atoms with van der Waals surface area (Å²) in [6.45, 7) is 0.254. The molecular weight excluding hydrogens is 443 g/mol. The first-order chi connectivity index (χ1) is 17.0. The minimum absolute atomic E-state index is 0.0110. The van der Waals surface area contributed by atoms with E-state index in [0.717, 1.165) is 30.0 Å². The van der Waals surface area contributed by atoms with Crippen molar-refractivity contribution >= 4 is 6.09 Å². The predicted molar refractivity (Wildman–Crippen MR) is 128 cm³/mol. The Bertz CT molecular complexity index is 1300. The van der Waals surface area contributed by atoms with Crippen LogP contribution < -0.4 is 0 Å². The normalized spacial score (nSPS) is 24.5. The number of carbonyl (C=O) groups excluding carboxylic acids is 1. The van der Waals surface area contributed by atoms with Crippen LogP contribution in [0.15, 0.2) is 66.7 Å². The van der Waals surface area contributed by atoms with Crippen molar-refractivity contribution < 1.29 is 19.0 Å². The zero-order chi connectivity index (χ0) is 24.2. The molecule has 6 heteroatoms. The number of benzene rings is 3. The average Bonchev–Trinajstić information content (AvgIpc) is 3.34. The number of ether oxygens (including phenoxy) is 1. The Balaban J connectivity index is 1.20. The van der Waals surface area contributed by atoms with Crippen molar-refractivity contribution in [2.24, 2.45) is 0 Å². The van der Waals surface area contributed by atoms with Gasteiger partial charge in [-0.15, -0.1) is 0 Å². The molecule has 3 aliphatic rings. The highest BCUT2D eigenvalue weighted by molar-refractivity contribution is 5.79. The Morgan fingerprint density at radius 2 is 1.63 bits per heavy atom. The molecule has 1 amide bonds. The largest absolute Gasteiger partial charge is 0.448 e. The third-order valence-electron chi connectivity index (χ3n) is 7.92. The number of nitriles is 1. The molecule has 0 aromatic heterocycles. The van der Waals surface area contributed by atoms with Crippen LogP contribution in [0, 0.1) is 17.1 Å². The quantitative estimate of drug-likeness (QED) is 0.554. The summed E-state index contributed by atoms with van der Waals surface area (Å²) in [5.74, 6) is -0.518. The molecule has 3 aromatic rings. The molecule has 0 radical (unpaired) electrons. The van der Waals surface area contributed by atoms with Gasteiger partial charge in [0.15, 0.2) is 0 Å². The molecule has 2 saturated heterocycles. The zero-order valence-corrected chi connectivity index (χ0v) is 19.2. The maximum absolute atomic E-state index is 13.7. The first-order valence-corrected chi connectivity index (χ1v) is 12.0. The van der Waals surface area contributed by atoms with Gasteiger partial charge in [0.2, 0.25) is 0 Å². The van der Waals surface area contributed by atoms with Crippen LogP contribution in [0.2, 0.25) is 0 Å². The Labute approximate surface area is 203 Å². The second kappa shape index (κ2) is 8.21. The van der Waals surface area contributed by atoms with Gasteiger partial charge in [0.05, 0.1) is 17.2 Å². The summed E-state index contributed by atoms with van der Waals surface area (Å²) in [6.07, 6.45) is 1.77. The molecule has 176 valence electrons. The Hall–Kier alpha value is -3.69. The average molecular weight is 469 g/mol. The number of aliphatic hydroxyl groups is 1. The molecule has 2 atom stereocenters. The third-order valence-corrected chi connectivity index (χ3v) is 7.92. The number of nitrogens with zero attached hydrogens (tertiary/aromatic N) is 2. The molecule has 0 saturated carbocycles. The van der Waals surface area contributed by atoms with Gasteiger partial charge in [-0.1, -0.05) is 54.6 Å². The van der Waals surface area contributed by atoms with Crippen molar-refractivity contribution in [3.63, 3.8) is 0 Å². The predicted octanol–water partition coefficient (Wildman–Crippen LogP) is 5.46. The van der Waals surface area contributed by atoms with E-state index in [4.69, 9.17) is 4.74 Å². The van der Waals surface area contributed by atoms with Gasteiger partial charge in [-0.05, 0) is 47.2 Å². The van der Waals surface area contributed by atoms with Crippen molar-refractivity contribution in [1.29, 1.82) is 5.26 Å². The van der Waals surface area contributed by atoms with Crippen molar-refractivity contribution in [2.75, 3.05) is 6.61 Å². The molecule has 0 spiro atoms. The number of halogens is 1. The van der Waals surface area contributed by atoms with E-state index in [1.165, 1.54) is 23.3 Å². The Kier molecular flexibility index (Phi) is 5.12. The number of hydrogen-bond acceptors (Lipinski definition) is 4. The number of rotatable bonds is 3. The SMILES string of the molecule is N#Cc1cc(F)ccc1C1(O)CC2CCC(C1)N2C(=O)OCC1c2ccccc2-c2ccccc21. The highest BCUT2D eigenvalue weighted by Crippen LogP contribution is 2.48. The van der Waals surface area contributed by atoms with Gasteiger partial charge in [-0.2, -0.15) is 5.26 Å². The molecule has 6 rings (SSSR count). The van der Waals surface area contributed by atoms with Crippen molar-refractivity contribution in [3.8, 4) is 17.2 Å². The first kappa shape index (κ1) is 21.8. The van der Waals surface area contributed by atoms with E-state index < -0.39 is 11.4 Å². The molecule has 3 aromatic carbocycles. The molecule has 1 aliphatic carbocycles. The first-order valence-electron chi connectivity index (χ1n) is 12.0. The van der Waals surface area contributed by atoms with Crippen LogP contribution in [0.1, 0.15) is 53.9 Å². The summed E-state index contributed by atoms with van der Waals surface area (Å²) >= 11 is 0. The van der Waals surface area contributed by atoms with Gasteiger partial charge in [-0.25, -0.2) is 9.18 Å². The molecule has 2 unspecified atom stereocenters. The third kappa shape index (κ3) is 3.50. The fourth-order valence-electron chi connectivity index (χ4n) is 6.43. The topological polar surface area (TPSA) is 73.6 Å². The van der Waals surface area contributed by atoms with Crippen LogP contribution in [0.3, 0.4) is 0 Å². The monoisotopic (exact) mass is 468 g/mol. The van der Waals surface area contributed by atoms with E-state index in [1.54, 1.807) is 4.90 Å². The highest BCUT2D eigenvalue weighted by Gasteiger charge is 2.51. The summed E-state index contributed by atoms with van der Waals surface area (Å²) in [5.41, 5.74) is 3.99. The summed E-state index contributed by atoms with van der Waals surface area (Å²) in [5, 5.41) is 21.0. The van der Waals surface area contributed by atoms with Gasteiger partial charge >= 0.3 is 6.09 Å². The second-order valence-corrected chi connectivity index (χ2v) is 9.84. The molecule has 2 bridgehead atoms. The summed E-state index contributed by atoms with van der Waals surface area (Å²) in [7, 11) is 0. The number of carbonyl (C=O) groups is 1. The fraction of sp³-hybridized carbons (Fsp3) is 0.310. The molecule has 5 nitrogen and oxygen atoms in total. The number of amides is 1. The Morgan fingerprint density at radius 1 is 1.03 bits per heavy atom. The number of fused-ring (bicyclic) bond motifs is 5. The van der Waals surface area contributed by atoms with Gasteiger partial charge in [0.25, 0.3) is 0 Å². The smallest absolute Gasteiger partial charge is 0.410 e. The van der Waals surface area contributed by atoms with E-state index in [9.17, 15) is 19.6 Å². The summed E-state index contributed by atoms with van der Waals surface area (Å²) < 4.78 is 19.6. The van der Waals surface area contributed by atoms with Crippen LogP contribution in [-0.2, 0) is 10.3 Å². The van der Waals surface area contributed by atoms with Crippen LogP contribution in [0.5, 0.6) is 0 Å². The standard InChI is InChI=1S/C29H25FN2O3/c30-19-9-12-27(18(13-19)16-31)29(34)14-20-10-11-21(15-29)32(20)28(33)35-17-26-24-7-3-1-5-22(24)23-6-2-4-8-25(23)26/h1-9,12-13,20-21,26,34H,10-11,14-15,17H2. The lowest BCUT2D eigenvalue weighted by molar-refractivity contribution is -0.0533. The fourth-order valence-corrected chi connectivity index (χ4v) is 6.43. The molecule has 2 heterocycles. The maximum atomic E-state index is 13.7. The number of hydrogen-bond donors (Lipinski definition) is 1. The highest BCUT2D eigenvalue weighted by atomic mass is 19.1. The summed E-state index contributed by atoms with van der Waals surface area (Å²) in [4.78, 5) is 15.0. The van der Waals surface area contributed by atoms with E-state index in [1.807, 2.05) is 30.3 Å². The van der Waals surface area contributed by atoms with E-state index in [2.05, 4.69) is 24.3 Å². The van der Waals surface area contributed by atoms with Crippen LogP contribution in [0.4, 0.5) is 9.18 Å². The molecule has 2 fully saturated rings. The molecule has 1 N–H and O–H groups in total. The van der Waals surface area contributed by atoms with Gasteiger partial charge < -0.3 is 14.7 Å². The Morgan fingerprint density at radius 3 is 2.23 bits per heavy atom. The van der Waals surface area contributed by atoms with Crippen LogP contribution in [0.25, 0.3) is 11.1 Å². The lowest BCUT2D eigenvalue weighted by Gasteiger charge is -2.43. The van der Waals surface area contributed by atoms with Crippen molar-refractivity contribution in [1.82, 2.24) is 4.90 Å². The minimum Gasteiger partial charge on any atom is -0.448 e. The van der Waals surface area contributed by atoms with Gasteiger partial charge in [0, 0.05) is 36.4 Å². The second-order valence-electron chi connectivity index (χ2n) is 9.84. The zero-order valence-electron chi connectivity index (χ0n) is 19.2. The van der Waals surface area contributed by atoms with Gasteiger partial charge in [-0.3, -0.25) is 0 Å². The lowest BCUT2D eigenvalue weighted by atomic mass is 9.79. The van der Waals surface area contributed by atoms with Crippen LogP contribution >= 0.6 is 0 Å². The van der Waals surface area contributed by atoms with Crippen LogP contribution in [-0.4, -0.2) is 34.8 Å². The molecule has 35 heavy (non-hydrogen) atoms. The lowest BCUT2D eigenvalue weighted by Crippen LogP contribution is -2.52. The van der Waals surface area contributed by atoms with Crippen molar-refractivity contribution in [3.05, 3.63) is 94.8 Å². The van der Waals surface area contributed by atoms with Crippen molar-refractivity contribution in [2.45, 2.75) is 49.3 Å². The maximum Gasteiger partial charge on any atom is 0.410 e. The molecule has 2 aliphatic heterocycles. The van der Waals surface area contributed by atoms with E-state index >= 15 is 0 Å². The number of piperidine rings is 1. The van der Waals surface area contributed by atoms with E-state index in [-0.39, 0.29) is 36.3 Å². The summed E-state index contributed by atoms with van der Waals surface area (Å²) in [6, 6.07) is 22.0.